The molecule has 4 heterocycles. The number of benzene rings is 1. The molecule has 3 aliphatic rings. The van der Waals surface area contributed by atoms with Crippen LogP contribution in [0.3, 0.4) is 0 Å². The van der Waals surface area contributed by atoms with Crippen LogP contribution >= 0.6 is 11.3 Å². The van der Waals surface area contributed by atoms with Gasteiger partial charge in [0.1, 0.15) is 5.01 Å². The van der Waals surface area contributed by atoms with Gasteiger partial charge in [-0.3, -0.25) is 14.9 Å². The summed E-state index contributed by atoms with van der Waals surface area (Å²) in [6.45, 7) is 3.10. The molecule has 2 amide bonds. The Kier molecular flexibility index (Phi) is 7.45. The van der Waals surface area contributed by atoms with Crippen LogP contribution in [0.25, 0.3) is 0 Å². The van der Waals surface area contributed by atoms with Gasteiger partial charge in [-0.15, -0.1) is 10.2 Å². The molecule has 3 fully saturated rings. The number of hydrogen-bond donors (Lipinski definition) is 2. The first-order valence-corrected chi connectivity index (χ1v) is 13.0. The van der Waals surface area contributed by atoms with E-state index in [4.69, 9.17) is 14.2 Å². The van der Waals surface area contributed by atoms with Crippen molar-refractivity contribution in [3.63, 3.8) is 0 Å². The Morgan fingerprint density at radius 1 is 1.23 bits per heavy atom. The number of likely N-dealkylation sites (tertiary alicyclic amines) is 1. The van der Waals surface area contributed by atoms with Crippen molar-refractivity contribution < 1.29 is 23.8 Å². The van der Waals surface area contributed by atoms with Crippen LogP contribution in [0.15, 0.2) is 18.2 Å². The van der Waals surface area contributed by atoms with Crippen molar-refractivity contribution in [3.05, 3.63) is 28.8 Å². The average molecular weight is 502 g/mol. The zero-order chi connectivity index (χ0) is 24.2. The third kappa shape index (κ3) is 5.74. The highest BCUT2D eigenvalue weighted by atomic mass is 32.1. The summed E-state index contributed by atoms with van der Waals surface area (Å²) in [5.41, 5.74) is 0.978. The predicted molar refractivity (Wildman–Crippen MR) is 130 cm³/mol. The van der Waals surface area contributed by atoms with Crippen LogP contribution < -0.4 is 20.1 Å². The molecule has 2 atom stereocenters. The summed E-state index contributed by atoms with van der Waals surface area (Å²) in [4.78, 5) is 26.9. The second kappa shape index (κ2) is 10.9. The van der Waals surface area contributed by atoms with Gasteiger partial charge in [0.25, 0.3) is 0 Å². The molecule has 3 saturated heterocycles. The fraction of sp³-hybridized carbons (Fsp3) is 0.583. The van der Waals surface area contributed by atoms with E-state index in [9.17, 15) is 9.59 Å². The number of rotatable bonds is 8. The lowest BCUT2D eigenvalue weighted by Gasteiger charge is -2.19. The third-order valence-electron chi connectivity index (χ3n) is 6.73. The number of carbonyl (C=O) groups excluding carboxylic acids is 2. The minimum atomic E-state index is -0.278. The summed E-state index contributed by atoms with van der Waals surface area (Å²) in [6.07, 6.45) is 3.93. The summed E-state index contributed by atoms with van der Waals surface area (Å²) >= 11 is 1.42. The van der Waals surface area contributed by atoms with Gasteiger partial charge in [-0.2, -0.15) is 0 Å². The van der Waals surface area contributed by atoms with Gasteiger partial charge >= 0.3 is 0 Å². The lowest BCUT2D eigenvalue weighted by atomic mass is 9.98. The number of hydrogen-bond acceptors (Lipinski definition) is 9. The molecule has 0 radical (unpaired) electrons. The smallest absolute Gasteiger partial charge is 0.245 e. The monoisotopic (exact) mass is 501 g/mol. The molecule has 1 unspecified atom stereocenters. The minimum Gasteiger partial charge on any atom is -0.493 e. The molecule has 11 heteroatoms. The van der Waals surface area contributed by atoms with Crippen molar-refractivity contribution in [1.82, 2.24) is 20.4 Å². The van der Waals surface area contributed by atoms with Crippen molar-refractivity contribution in [2.45, 2.75) is 50.2 Å². The van der Waals surface area contributed by atoms with Gasteiger partial charge in [-0.1, -0.05) is 17.4 Å². The van der Waals surface area contributed by atoms with Gasteiger partial charge in [0.15, 0.2) is 17.8 Å². The van der Waals surface area contributed by atoms with E-state index in [1.807, 2.05) is 18.2 Å². The van der Waals surface area contributed by atoms with Crippen LogP contribution in [0.1, 0.15) is 54.5 Å². The van der Waals surface area contributed by atoms with E-state index in [0.29, 0.717) is 42.1 Å². The zero-order valence-corrected chi connectivity index (χ0v) is 20.6. The first-order valence-electron chi connectivity index (χ1n) is 12.2. The lowest BCUT2D eigenvalue weighted by Crippen LogP contribution is -2.34. The van der Waals surface area contributed by atoms with E-state index in [-0.39, 0.29) is 30.6 Å². The Hall–Kier alpha value is -2.76. The molecule has 0 aliphatic carbocycles. The topological polar surface area (TPSA) is 115 Å². The van der Waals surface area contributed by atoms with E-state index < -0.39 is 0 Å². The number of nitrogens with zero attached hydrogens (tertiary/aromatic N) is 3. The largest absolute Gasteiger partial charge is 0.493 e. The highest BCUT2D eigenvalue weighted by Gasteiger charge is 2.33. The maximum Gasteiger partial charge on any atom is 0.245 e. The highest BCUT2D eigenvalue weighted by Crippen LogP contribution is 2.36. The van der Waals surface area contributed by atoms with Crippen molar-refractivity contribution >= 4 is 28.3 Å². The number of ether oxygens (including phenoxy) is 3. The molecular formula is C24H31N5O5S. The quantitative estimate of drug-likeness (QED) is 0.567. The van der Waals surface area contributed by atoms with Crippen molar-refractivity contribution in [1.29, 1.82) is 0 Å². The zero-order valence-electron chi connectivity index (χ0n) is 19.8. The van der Waals surface area contributed by atoms with Gasteiger partial charge < -0.3 is 24.4 Å². The van der Waals surface area contributed by atoms with Crippen molar-refractivity contribution in [3.8, 4) is 11.5 Å². The molecule has 0 spiro atoms. The van der Waals surface area contributed by atoms with E-state index >= 15 is 0 Å². The Labute approximate surface area is 208 Å². The van der Waals surface area contributed by atoms with E-state index in [2.05, 4.69) is 20.8 Å². The maximum absolute atomic E-state index is 12.7. The Morgan fingerprint density at radius 2 is 2.09 bits per heavy atom. The lowest BCUT2D eigenvalue weighted by molar-refractivity contribution is -0.131. The molecule has 0 saturated carbocycles. The molecule has 35 heavy (non-hydrogen) atoms. The molecule has 2 aromatic rings. The van der Waals surface area contributed by atoms with Crippen molar-refractivity contribution in [2.75, 3.05) is 45.2 Å². The number of carbonyl (C=O) groups is 2. The number of methoxy groups -OCH3 is 1. The number of nitrogens with one attached hydrogen (secondary N) is 2. The maximum atomic E-state index is 12.7. The molecule has 5 rings (SSSR count). The fourth-order valence-corrected chi connectivity index (χ4v) is 5.75. The van der Waals surface area contributed by atoms with Gasteiger partial charge in [0, 0.05) is 31.2 Å². The molecule has 10 nitrogen and oxygen atoms in total. The second-order valence-corrected chi connectivity index (χ2v) is 10.2. The number of anilines is 1. The van der Waals surface area contributed by atoms with Crippen LogP contribution in [-0.4, -0.2) is 73.1 Å². The SMILES string of the molecule is COc1ccc([C@@H]2CC(=O)N(CC(=O)Nc3nnc(C4CCNCC4)s3)C2)cc1OC1CCCO1. The summed E-state index contributed by atoms with van der Waals surface area (Å²) in [5.74, 6) is 1.30. The molecular weight excluding hydrogens is 470 g/mol. The van der Waals surface area contributed by atoms with Gasteiger partial charge in [0.2, 0.25) is 16.9 Å². The Bertz CT molecular complexity index is 1050. The molecule has 2 N–H and O–H groups in total. The summed E-state index contributed by atoms with van der Waals surface area (Å²) in [7, 11) is 1.60. The highest BCUT2D eigenvalue weighted by molar-refractivity contribution is 7.15. The Balaban J connectivity index is 1.18. The first kappa shape index (κ1) is 24.0. The summed E-state index contributed by atoms with van der Waals surface area (Å²) < 4.78 is 17.0. The van der Waals surface area contributed by atoms with Crippen LogP contribution in [0.2, 0.25) is 0 Å². The predicted octanol–water partition coefficient (Wildman–Crippen LogP) is 2.48. The van der Waals surface area contributed by atoms with Gasteiger partial charge in [-0.05, 0) is 50.0 Å². The fourth-order valence-electron chi connectivity index (χ4n) is 4.82. The van der Waals surface area contributed by atoms with Gasteiger partial charge in [0.05, 0.1) is 20.3 Å². The van der Waals surface area contributed by atoms with Crippen LogP contribution in [-0.2, 0) is 14.3 Å². The molecule has 3 aliphatic heterocycles. The number of aromatic nitrogens is 2. The normalized spacial score (nSPS) is 23.0. The first-order chi connectivity index (χ1) is 17.1. The van der Waals surface area contributed by atoms with E-state index in [1.54, 1.807) is 12.0 Å². The van der Waals surface area contributed by atoms with Crippen LogP contribution in [0.4, 0.5) is 5.13 Å². The van der Waals surface area contributed by atoms with Crippen LogP contribution in [0.5, 0.6) is 11.5 Å². The minimum absolute atomic E-state index is 0.00692. The summed E-state index contributed by atoms with van der Waals surface area (Å²) in [6, 6.07) is 5.73. The van der Waals surface area contributed by atoms with Gasteiger partial charge in [-0.25, -0.2) is 0 Å². The van der Waals surface area contributed by atoms with E-state index in [1.165, 1.54) is 11.3 Å². The standard InChI is InChI=1S/C24H31N5O5S/c1-32-18-5-4-16(11-19(18)34-22-3-2-10-33-22)17-12-21(31)29(13-17)14-20(30)26-24-28-27-23(35-24)15-6-8-25-9-7-15/h4-5,11,15,17,22,25H,2-3,6-10,12-14H2,1H3,(H,26,28,30)/t17-,22?/m1/s1. The third-order valence-corrected chi connectivity index (χ3v) is 7.73. The Morgan fingerprint density at radius 3 is 2.86 bits per heavy atom. The van der Waals surface area contributed by atoms with Crippen molar-refractivity contribution in [2.24, 2.45) is 0 Å². The number of piperidine rings is 1. The average Bonchev–Trinajstić information content (AvgIpc) is 3.62. The second-order valence-electron chi connectivity index (χ2n) is 9.16. The molecule has 0 bridgehead atoms. The molecule has 188 valence electrons. The molecule has 1 aromatic carbocycles. The van der Waals surface area contributed by atoms with E-state index in [0.717, 1.165) is 49.3 Å². The summed E-state index contributed by atoms with van der Waals surface area (Å²) in [5, 5.41) is 16.0. The van der Waals surface area contributed by atoms with Crippen LogP contribution in [0, 0.1) is 0 Å². The number of amides is 2. The molecule has 1 aromatic heterocycles.